The van der Waals surface area contributed by atoms with Crippen LogP contribution in [-0.4, -0.2) is 26.8 Å². The van der Waals surface area contributed by atoms with Crippen molar-refractivity contribution >= 4 is 43.8 Å². The van der Waals surface area contributed by atoms with Crippen molar-refractivity contribution in [3.8, 4) is 0 Å². The first-order chi connectivity index (χ1) is 14.7. The summed E-state index contributed by atoms with van der Waals surface area (Å²) in [6.45, 7) is 2.19. The number of halogens is 1. The summed E-state index contributed by atoms with van der Waals surface area (Å²) in [4.78, 5) is 12.3. The van der Waals surface area contributed by atoms with Gasteiger partial charge < -0.3 is 0 Å². The van der Waals surface area contributed by atoms with E-state index in [-0.39, 0.29) is 12.5 Å². The number of aryl methyl sites for hydroxylation is 1. The molecule has 0 saturated heterocycles. The van der Waals surface area contributed by atoms with Gasteiger partial charge in [0.1, 0.15) is 0 Å². The fourth-order valence-electron chi connectivity index (χ4n) is 2.82. The number of sulfonamides is 1. The molecule has 0 saturated carbocycles. The molecule has 1 N–H and O–H groups in total. The molecule has 3 aromatic carbocycles. The number of carbonyl (C=O) groups excluding carboxylic acids is 1. The molecule has 0 radical (unpaired) electrons. The van der Waals surface area contributed by atoms with Crippen molar-refractivity contribution in [1.82, 2.24) is 5.43 Å². The van der Waals surface area contributed by atoms with E-state index >= 15 is 0 Å². The number of rotatable bonds is 7. The van der Waals surface area contributed by atoms with Gasteiger partial charge in [0, 0.05) is 10.0 Å². The minimum Gasteiger partial charge on any atom is -0.267 e. The number of hydrogen-bond donors (Lipinski definition) is 1. The van der Waals surface area contributed by atoms with Crippen molar-refractivity contribution in [2.45, 2.75) is 13.5 Å². The van der Waals surface area contributed by atoms with E-state index < -0.39 is 10.0 Å². The fourth-order valence-corrected chi connectivity index (χ4v) is 3.97. The van der Waals surface area contributed by atoms with Crippen LogP contribution in [0.3, 0.4) is 0 Å². The summed E-state index contributed by atoms with van der Waals surface area (Å²) in [5.74, 6) is -0.385. The number of hydrazone groups is 1. The number of anilines is 1. The summed E-state index contributed by atoms with van der Waals surface area (Å²) in [7, 11) is -3.50. The first-order valence-electron chi connectivity index (χ1n) is 9.45. The Hall–Kier alpha value is -2.97. The largest absolute Gasteiger partial charge is 0.271 e. The number of hydrogen-bond acceptors (Lipinski definition) is 4. The molecule has 0 atom stereocenters. The topological polar surface area (TPSA) is 78.8 Å². The van der Waals surface area contributed by atoms with Gasteiger partial charge in [0.05, 0.1) is 24.7 Å². The summed E-state index contributed by atoms with van der Waals surface area (Å²) < 4.78 is 27.0. The van der Waals surface area contributed by atoms with Gasteiger partial charge in [-0.15, -0.1) is 0 Å². The summed E-state index contributed by atoms with van der Waals surface area (Å²) in [5, 5.41) is 3.96. The molecular formula is C23H22BrN3O3S. The monoisotopic (exact) mass is 499 g/mol. The molecule has 160 valence electrons. The lowest BCUT2D eigenvalue weighted by atomic mass is 10.1. The predicted molar refractivity (Wildman–Crippen MR) is 128 cm³/mol. The van der Waals surface area contributed by atoms with E-state index in [0.29, 0.717) is 11.3 Å². The summed E-state index contributed by atoms with van der Waals surface area (Å²) in [5.41, 5.74) is 6.16. The molecule has 0 aliphatic heterocycles. The SMILES string of the molecule is Cc1ccc(CN(c2ccc(C(=O)N/N=C\c3ccc(Br)cc3)cc2)S(C)(=O)=O)cc1. The van der Waals surface area contributed by atoms with E-state index in [0.717, 1.165) is 21.2 Å². The Bertz CT molecular complexity index is 1170. The second-order valence-corrected chi connectivity index (χ2v) is 9.88. The van der Waals surface area contributed by atoms with Gasteiger partial charge in [-0.2, -0.15) is 5.10 Å². The number of nitrogens with zero attached hydrogens (tertiary/aromatic N) is 2. The maximum absolute atomic E-state index is 12.3. The van der Waals surface area contributed by atoms with E-state index in [4.69, 9.17) is 0 Å². The van der Waals surface area contributed by atoms with Crippen molar-refractivity contribution in [2.24, 2.45) is 5.10 Å². The van der Waals surface area contributed by atoms with Crippen molar-refractivity contribution in [1.29, 1.82) is 0 Å². The Labute approximate surface area is 190 Å². The Balaban J connectivity index is 1.70. The lowest BCUT2D eigenvalue weighted by Crippen LogP contribution is -2.29. The first-order valence-corrected chi connectivity index (χ1v) is 12.1. The van der Waals surface area contributed by atoms with Crippen LogP contribution >= 0.6 is 15.9 Å². The van der Waals surface area contributed by atoms with Gasteiger partial charge in [0.2, 0.25) is 10.0 Å². The molecule has 1 amide bonds. The first kappa shape index (κ1) is 22.7. The Morgan fingerprint density at radius 3 is 2.19 bits per heavy atom. The van der Waals surface area contributed by atoms with Crippen molar-refractivity contribution in [2.75, 3.05) is 10.6 Å². The van der Waals surface area contributed by atoms with Crippen LogP contribution in [0.15, 0.2) is 82.4 Å². The molecule has 3 rings (SSSR count). The number of carbonyl (C=O) groups is 1. The van der Waals surface area contributed by atoms with Gasteiger partial charge in [0.15, 0.2) is 0 Å². The van der Waals surface area contributed by atoms with Crippen LogP contribution in [0.25, 0.3) is 0 Å². The molecule has 0 heterocycles. The number of nitrogens with one attached hydrogen (secondary N) is 1. The van der Waals surface area contributed by atoms with Crippen LogP contribution in [0.1, 0.15) is 27.0 Å². The Kier molecular flexibility index (Phi) is 7.25. The normalized spacial score (nSPS) is 11.5. The van der Waals surface area contributed by atoms with Gasteiger partial charge >= 0.3 is 0 Å². The van der Waals surface area contributed by atoms with Crippen LogP contribution in [-0.2, 0) is 16.6 Å². The second-order valence-electron chi connectivity index (χ2n) is 7.05. The van der Waals surface area contributed by atoms with Gasteiger partial charge in [-0.3, -0.25) is 9.10 Å². The van der Waals surface area contributed by atoms with Crippen LogP contribution < -0.4 is 9.73 Å². The molecule has 6 nitrogen and oxygen atoms in total. The zero-order chi connectivity index (χ0) is 22.4. The van der Waals surface area contributed by atoms with Crippen molar-refractivity contribution in [3.63, 3.8) is 0 Å². The fraction of sp³-hybridized carbons (Fsp3) is 0.130. The highest BCUT2D eigenvalue weighted by atomic mass is 79.9. The molecule has 3 aromatic rings. The second kappa shape index (κ2) is 9.89. The number of amides is 1. The third kappa shape index (κ3) is 6.50. The zero-order valence-electron chi connectivity index (χ0n) is 17.1. The molecule has 8 heteroatoms. The molecule has 0 unspecified atom stereocenters. The lowest BCUT2D eigenvalue weighted by Gasteiger charge is -2.22. The lowest BCUT2D eigenvalue weighted by molar-refractivity contribution is 0.0955. The van der Waals surface area contributed by atoms with Crippen LogP contribution in [0.5, 0.6) is 0 Å². The third-order valence-electron chi connectivity index (χ3n) is 4.51. The molecule has 0 aliphatic rings. The maximum atomic E-state index is 12.3. The summed E-state index contributed by atoms with van der Waals surface area (Å²) >= 11 is 3.36. The quantitative estimate of drug-likeness (QED) is 0.384. The van der Waals surface area contributed by atoms with Gasteiger partial charge in [0.25, 0.3) is 5.91 Å². The molecule has 0 aromatic heterocycles. The average molecular weight is 500 g/mol. The third-order valence-corrected chi connectivity index (χ3v) is 6.18. The van der Waals surface area contributed by atoms with Crippen molar-refractivity contribution in [3.05, 3.63) is 99.5 Å². The minimum atomic E-state index is -3.50. The highest BCUT2D eigenvalue weighted by molar-refractivity contribution is 9.10. The molecule has 0 aliphatic carbocycles. The van der Waals surface area contributed by atoms with E-state index in [1.54, 1.807) is 30.5 Å². The zero-order valence-corrected chi connectivity index (χ0v) is 19.5. The summed E-state index contributed by atoms with van der Waals surface area (Å²) in [6, 6.07) is 21.6. The number of benzene rings is 3. The smallest absolute Gasteiger partial charge is 0.267 e. The van der Waals surface area contributed by atoms with E-state index in [1.165, 1.54) is 10.6 Å². The molecular weight excluding hydrogens is 478 g/mol. The van der Waals surface area contributed by atoms with Crippen LogP contribution in [0, 0.1) is 6.92 Å². The average Bonchev–Trinajstić information content (AvgIpc) is 2.74. The highest BCUT2D eigenvalue weighted by Crippen LogP contribution is 2.21. The highest BCUT2D eigenvalue weighted by Gasteiger charge is 2.18. The van der Waals surface area contributed by atoms with Crippen LogP contribution in [0.4, 0.5) is 5.69 Å². The maximum Gasteiger partial charge on any atom is 0.271 e. The van der Waals surface area contributed by atoms with E-state index in [9.17, 15) is 13.2 Å². The van der Waals surface area contributed by atoms with Gasteiger partial charge in [-0.25, -0.2) is 13.8 Å². The molecule has 0 bridgehead atoms. The van der Waals surface area contributed by atoms with E-state index in [1.807, 2.05) is 55.5 Å². The standard InChI is InChI=1S/C23H22BrN3O3S/c1-17-3-5-19(6-4-17)16-27(31(2,29)30)22-13-9-20(10-14-22)23(28)26-25-15-18-7-11-21(24)12-8-18/h3-15H,16H2,1-2H3,(H,26,28)/b25-15-. The Morgan fingerprint density at radius 1 is 1.00 bits per heavy atom. The molecule has 0 fully saturated rings. The van der Waals surface area contributed by atoms with Crippen LogP contribution in [0.2, 0.25) is 0 Å². The minimum absolute atomic E-state index is 0.210. The summed E-state index contributed by atoms with van der Waals surface area (Å²) in [6.07, 6.45) is 2.71. The molecule has 31 heavy (non-hydrogen) atoms. The van der Waals surface area contributed by atoms with Gasteiger partial charge in [-0.05, 0) is 54.4 Å². The van der Waals surface area contributed by atoms with Crippen molar-refractivity contribution < 1.29 is 13.2 Å². The van der Waals surface area contributed by atoms with Gasteiger partial charge in [-0.1, -0.05) is 57.9 Å². The Morgan fingerprint density at radius 2 is 1.61 bits per heavy atom. The predicted octanol–water partition coefficient (Wildman–Crippen LogP) is 4.49. The molecule has 0 spiro atoms. The van der Waals surface area contributed by atoms with E-state index in [2.05, 4.69) is 26.5 Å².